The molecule has 0 aromatic heterocycles. The van der Waals surface area contributed by atoms with Crippen LogP contribution in [0.25, 0.3) is 0 Å². The zero-order valence-corrected chi connectivity index (χ0v) is 12.8. The van der Waals surface area contributed by atoms with Crippen LogP contribution in [0.4, 0.5) is 5.69 Å². The number of ether oxygens (including phenoxy) is 2. The monoisotopic (exact) mass is 289 g/mol. The maximum atomic E-state index is 6.12. The standard InChI is InChI=1S/C17H25N2O2/c1-19-9-5-16(6-10-19)21-17-4-2-3-15(13-17)18-14-7-11-20-12-8-14/h2,4,13-14,16,18H,5-12H2,1H3. The highest BCUT2D eigenvalue weighted by atomic mass is 16.5. The number of nitrogens with one attached hydrogen (secondary N) is 1. The van der Waals surface area contributed by atoms with E-state index >= 15 is 0 Å². The summed E-state index contributed by atoms with van der Waals surface area (Å²) in [5.41, 5.74) is 1.03. The number of rotatable bonds is 4. The Morgan fingerprint density at radius 1 is 1.24 bits per heavy atom. The molecule has 0 amide bonds. The van der Waals surface area contributed by atoms with Crippen LogP contribution in [-0.4, -0.2) is 50.4 Å². The molecule has 0 spiro atoms. The number of nitrogens with zero attached hydrogens (tertiary/aromatic N) is 1. The largest absolute Gasteiger partial charge is 0.490 e. The molecule has 1 aromatic carbocycles. The van der Waals surface area contributed by atoms with Crippen LogP contribution in [0.5, 0.6) is 5.75 Å². The Bertz CT molecular complexity index is 438. The Balaban J connectivity index is 1.55. The number of anilines is 1. The van der Waals surface area contributed by atoms with Gasteiger partial charge in [0, 0.05) is 50.2 Å². The van der Waals surface area contributed by atoms with E-state index in [4.69, 9.17) is 9.47 Å². The van der Waals surface area contributed by atoms with Crippen molar-refractivity contribution in [2.24, 2.45) is 0 Å². The molecule has 1 aromatic rings. The third-order valence-electron chi connectivity index (χ3n) is 4.32. The molecule has 4 nitrogen and oxygen atoms in total. The topological polar surface area (TPSA) is 33.7 Å². The van der Waals surface area contributed by atoms with Gasteiger partial charge in [-0.15, -0.1) is 0 Å². The van der Waals surface area contributed by atoms with Gasteiger partial charge in [-0.05, 0) is 44.9 Å². The van der Waals surface area contributed by atoms with Crippen LogP contribution in [0.15, 0.2) is 18.2 Å². The highest BCUT2D eigenvalue weighted by Gasteiger charge is 2.18. The molecule has 2 heterocycles. The van der Waals surface area contributed by atoms with Gasteiger partial charge < -0.3 is 19.7 Å². The molecular formula is C17H25N2O2. The van der Waals surface area contributed by atoms with E-state index in [1.165, 1.54) is 0 Å². The van der Waals surface area contributed by atoms with Gasteiger partial charge in [-0.1, -0.05) is 0 Å². The zero-order chi connectivity index (χ0) is 14.5. The van der Waals surface area contributed by atoms with Crippen molar-refractivity contribution in [3.8, 4) is 5.75 Å². The average Bonchev–Trinajstić information content (AvgIpc) is 2.51. The first-order valence-corrected chi connectivity index (χ1v) is 8.01. The van der Waals surface area contributed by atoms with Gasteiger partial charge in [0.15, 0.2) is 0 Å². The minimum Gasteiger partial charge on any atom is -0.490 e. The summed E-state index contributed by atoms with van der Waals surface area (Å²) < 4.78 is 11.5. The number of benzene rings is 1. The lowest BCUT2D eigenvalue weighted by atomic mass is 10.1. The SMILES string of the molecule is CN1CCC(Oc2cc[c]c(NC3CCOCC3)c2)CC1. The maximum Gasteiger partial charge on any atom is 0.121 e. The van der Waals surface area contributed by atoms with Gasteiger partial charge in [0.05, 0.1) is 0 Å². The fourth-order valence-electron chi connectivity index (χ4n) is 2.96. The first kappa shape index (κ1) is 14.7. The molecule has 1 radical (unpaired) electrons. The summed E-state index contributed by atoms with van der Waals surface area (Å²) in [5.74, 6) is 0.956. The quantitative estimate of drug-likeness (QED) is 0.923. The van der Waals surface area contributed by atoms with Crippen molar-refractivity contribution in [2.45, 2.75) is 37.8 Å². The molecule has 3 rings (SSSR count). The second kappa shape index (κ2) is 7.14. The van der Waals surface area contributed by atoms with Crippen molar-refractivity contribution < 1.29 is 9.47 Å². The number of piperidine rings is 1. The van der Waals surface area contributed by atoms with Crippen LogP contribution in [0.2, 0.25) is 0 Å². The van der Waals surface area contributed by atoms with Gasteiger partial charge >= 0.3 is 0 Å². The van der Waals surface area contributed by atoms with Crippen molar-refractivity contribution in [1.29, 1.82) is 0 Å². The first-order valence-electron chi connectivity index (χ1n) is 8.01. The molecule has 2 fully saturated rings. The van der Waals surface area contributed by atoms with E-state index in [-0.39, 0.29) is 0 Å². The lowest BCUT2D eigenvalue weighted by molar-refractivity contribution is 0.0904. The van der Waals surface area contributed by atoms with Gasteiger partial charge in [0.1, 0.15) is 11.9 Å². The third kappa shape index (κ3) is 4.35. The smallest absolute Gasteiger partial charge is 0.121 e. The summed E-state index contributed by atoms with van der Waals surface area (Å²) in [6.07, 6.45) is 4.69. The van der Waals surface area contributed by atoms with Crippen molar-refractivity contribution in [3.63, 3.8) is 0 Å². The zero-order valence-electron chi connectivity index (χ0n) is 12.8. The summed E-state index contributed by atoms with van der Waals surface area (Å²) in [6.45, 7) is 3.94. The van der Waals surface area contributed by atoms with Crippen molar-refractivity contribution >= 4 is 5.69 Å². The summed E-state index contributed by atoms with van der Waals surface area (Å²) in [5, 5.41) is 3.54. The van der Waals surface area contributed by atoms with Crippen molar-refractivity contribution in [1.82, 2.24) is 4.90 Å². The minimum absolute atomic E-state index is 0.347. The highest BCUT2D eigenvalue weighted by Crippen LogP contribution is 2.23. The molecule has 2 aliphatic heterocycles. The van der Waals surface area contributed by atoms with Gasteiger partial charge in [0.25, 0.3) is 0 Å². The Kier molecular flexibility index (Phi) is 4.99. The molecule has 0 aliphatic carbocycles. The predicted molar refractivity (Wildman–Crippen MR) is 83.9 cm³/mol. The highest BCUT2D eigenvalue weighted by molar-refractivity contribution is 5.47. The van der Waals surface area contributed by atoms with Crippen LogP contribution < -0.4 is 10.1 Å². The van der Waals surface area contributed by atoms with E-state index in [2.05, 4.69) is 29.4 Å². The summed E-state index contributed by atoms with van der Waals surface area (Å²) in [7, 11) is 2.17. The average molecular weight is 289 g/mol. The molecule has 4 heteroatoms. The molecule has 2 saturated heterocycles. The lowest BCUT2D eigenvalue weighted by Crippen LogP contribution is -2.35. The summed E-state index contributed by atoms with van der Waals surface area (Å²) in [4.78, 5) is 2.36. The maximum absolute atomic E-state index is 6.12. The van der Waals surface area contributed by atoms with Crippen LogP contribution in [0.1, 0.15) is 25.7 Å². The van der Waals surface area contributed by atoms with E-state index < -0.39 is 0 Å². The second-order valence-corrected chi connectivity index (χ2v) is 6.09. The molecule has 1 N–H and O–H groups in total. The normalized spacial score (nSPS) is 22.1. The van der Waals surface area contributed by atoms with Crippen molar-refractivity contribution in [2.75, 3.05) is 38.7 Å². The van der Waals surface area contributed by atoms with Crippen LogP contribution in [-0.2, 0) is 4.74 Å². The van der Waals surface area contributed by atoms with Gasteiger partial charge in [0.2, 0.25) is 0 Å². The van der Waals surface area contributed by atoms with Crippen LogP contribution in [0.3, 0.4) is 0 Å². The van der Waals surface area contributed by atoms with E-state index in [0.29, 0.717) is 12.1 Å². The third-order valence-corrected chi connectivity index (χ3v) is 4.32. The Morgan fingerprint density at radius 2 is 2.00 bits per heavy atom. The van der Waals surface area contributed by atoms with Crippen LogP contribution in [0, 0.1) is 6.07 Å². The van der Waals surface area contributed by atoms with E-state index in [1.807, 2.05) is 12.1 Å². The Morgan fingerprint density at radius 3 is 2.76 bits per heavy atom. The fourth-order valence-corrected chi connectivity index (χ4v) is 2.96. The Hall–Kier alpha value is -1.26. The molecule has 2 aliphatic rings. The number of hydrogen-bond donors (Lipinski definition) is 1. The molecule has 115 valence electrons. The van der Waals surface area contributed by atoms with Gasteiger partial charge in [-0.25, -0.2) is 0 Å². The number of hydrogen-bond acceptors (Lipinski definition) is 4. The fraction of sp³-hybridized carbons (Fsp3) is 0.647. The first-order chi connectivity index (χ1) is 10.3. The van der Waals surface area contributed by atoms with E-state index in [9.17, 15) is 0 Å². The lowest BCUT2D eigenvalue weighted by Gasteiger charge is -2.29. The second-order valence-electron chi connectivity index (χ2n) is 6.09. The molecular weight excluding hydrogens is 264 g/mol. The Labute approximate surface area is 127 Å². The minimum atomic E-state index is 0.347. The molecule has 0 atom stereocenters. The molecule has 0 bridgehead atoms. The molecule has 0 unspecified atom stereocenters. The summed E-state index contributed by atoms with van der Waals surface area (Å²) >= 11 is 0. The molecule has 21 heavy (non-hydrogen) atoms. The number of likely N-dealkylation sites (tertiary alicyclic amines) is 1. The van der Waals surface area contributed by atoms with E-state index in [0.717, 1.165) is 63.4 Å². The van der Waals surface area contributed by atoms with Crippen LogP contribution >= 0.6 is 0 Å². The molecule has 0 saturated carbocycles. The predicted octanol–water partition coefficient (Wildman–Crippen LogP) is 2.55. The van der Waals surface area contributed by atoms with Crippen molar-refractivity contribution in [3.05, 3.63) is 24.3 Å². The van der Waals surface area contributed by atoms with Gasteiger partial charge in [-0.3, -0.25) is 0 Å². The van der Waals surface area contributed by atoms with E-state index in [1.54, 1.807) is 0 Å². The summed E-state index contributed by atoms with van der Waals surface area (Å²) in [6, 6.07) is 9.79. The van der Waals surface area contributed by atoms with Gasteiger partial charge in [-0.2, -0.15) is 0 Å².